The molecule has 1 aliphatic heterocycles. The molecule has 0 saturated carbocycles. The first-order chi connectivity index (χ1) is 5.93. The summed E-state index contributed by atoms with van der Waals surface area (Å²) >= 11 is 4.05. The van der Waals surface area contributed by atoms with Crippen LogP contribution in [0.25, 0.3) is 0 Å². The zero-order valence-electron chi connectivity index (χ0n) is 6.64. The van der Waals surface area contributed by atoms with Gasteiger partial charge in [-0.2, -0.15) is 0 Å². The Hall–Kier alpha value is -0.210. The topological polar surface area (TPSA) is 0 Å². The van der Waals surface area contributed by atoms with Gasteiger partial charge in [-0.3, -0.25) is 0 Å². The van der Waals surface area contributed by atoms with Crippen LogP contribution in [0.1, 0.15) is 16.5 Å². The maximum Gasteiger partial charge on any atom is 0.0460 e. The highest BCUT2D eigenvalue weighted by Gasteiger charge is 2.37. The van der Waals surface area contributed by atoms with E-state index in [1.807, 2.05) is 11.3 Å². The van der Waals surface area contributed by atoms with Crippen molar-refractivity contribution in [2.45, 2.75) is 16.9 Å². The first kappa shape index (κ1) is 7.22. The quantitative estimate of drug-likeness (QED) is 0.617. The molecule has 12 heavy (non-hydrogen) atoms. The fourth-order valence-corrected chi connectivity index (χ4v) is 4.66. The molecule has 1 aromatic heterocycles. The summed E-state index contributed by atoms with van der Waals surface area (Å²) in [6, 6.07) is 4.44. The number of thioether (sulfide) groups is 1. The van der Waals surface area contributed by atoms with Crippen LogP contribution in [0.5, 0.6) is 0 Å². The highest BCUT2D eigenvalue weighted by atomic mass is 32.2. The molecule has 0 N–H and O–H groups in total. The number of allylic oxidation sites excluding steroid dienone is 1. The summed E-state index contributed by atoms with van der Waals surface area (Å²) in [5, 5.41) is 3.79. The second kappa shape index (κ2) is 2.64. The molecule has 0 amide bonds. The van der Waals surface area contributed by atoms with E-state index in [9.17, 15) is 0 Å². The Morgan fingerprint density at radius 1 is 1.33 bits per heavy atom. The lowest BCUT2D eigenvalue weighted by atomic mass is 10.0. The van der Waals surface area contributed by atoms with E-state index in [4.69, 9.17) is 0 Å². The van der Waals surface area contributed by atoms with Crippen LogP contribution in [-0.4, -0.2) is 5.25 Å². The molecule has 62 valence electrons. The van der Waals surface area contributed by atoms with Crippen molar-refractivity contribution < 1.29 is 0 Å². The Morgan fingerprint density at radius 2 is 2.33 bits per heavy atom. The summed E-state index contributed by atoms with van der Waals surface area (Å²) in [6.45, 7) is 0. The molecular weight excluding hydrogens is 184 g/mol. The first-order valence-electron chi connectivity index (χ1n) is 4.31. The lowest BCUT2D eigenvalue weighted by molar-refractivity contribution is 0.665. The molecule has 0 aromatic carbocycles. The molecule has 0 nitrogen and oxygen atoms in total. The van der Waals surface area contributed by atoms with Gasteiger partial charge in [0, 0.05) is 15.4 Å². The van der Waals surface area contributed by atoms with E-state index in [2.05, 4.69) is 41.4 Å². The molecule has 3 rings (SSSR count). The van der Waals surface area contributed by atoms with Gasteiger partial charge >= 0.3 is 0 Å². The fourth-order valence-electron chi connectivity index (χ4n) is 2.04. The van der Waals surface area contributed by atoms with Crippen LogP contribution in [0.4, 0.5) is 0 Å². The van der Waals surface area contributed by atoms with Crippen LogP contribution >= 0.6 is 23.1 Å². The van der Waals surface area contributed by atoms with Crippen molar-refractivity contribution in [3.63, 3.8) is 0 Å². The molecule has 1 aromatic rings. The number of rotatable bonds is 1. The van der Waals surface area contributed by atoms with Crippen LogP contribution < -0.4 is 0 Å². The maximum absolute atomic E-state index is 2.41. The Bertz CT molecular complexity index is 300. The van der Waals surface area contributed by atoms with Crippen molar-refractivity contribution in [2.24, 2.45) is 5.92 Å². The molecule has 0 unspecified atom stereocenters. The Kier molecular flexibility index (Phi) is 1.59. The molecule has 1 aliphatic carbocycles. The van der Waals surface area contributed by atoms with Gasteiger partial charge in [0.2, 0.25) is 0 Å². The highest BCUT2D eigenvalue weighted by Crippen LogP contribution is 2.54. The molecule has 2 heteroatoms. The Labute approximate surface area is 80.7 Å². The standard InChI is InChI=1S/C10H10S2/c1-2-9(11-5-1)10-7-3-4-8(6-7)12-10/h1-5,7-8,10H,6H2/t7-,8+,10+/m1/s1. The lowest BCUT2D eigenvalue weighted by Gasteiger charge is -2.15. The molecule has 0 radical (unpaired) electrons. The van der Waals surface area contributed by atoms with Gasteiger partial charge in [-0.25, -0.2) is 0 Å². The summed E-state index contributed by atoms with van der Waals surface area (Å²) in [6.07, 6.45) is 6.16. The SMILES string of the molecule is C1=C[C@H]2C[C@@H]1[C@@H](c1cccs1)S2. The average molecular weight is 194 g/mol. The molecule has 0 spiro atoms. The Balaban J connectivity index is 1.92. The minimum Gasteiger partial charge on any atom is -0.148 e. The van der Waals surface area contributed by atoms with E-state index in [1.165, 1.54) is 6.42 Å². The predicted octanol–water partition coefficient (Wildman–Crippen LogP) is 3.48. The third kappa shape index (κ3) is 0.979. The predicted molar refractivity (Wildman–Crippen MR) is 55.7 cm³/mol. The molecule has 1 saturated heterocycles. The van der Waals surface area contributed by atoms with E-state index < -0.39 is 0 Å². The van der Waals surface area contributed by atoms with E-state index in [0.29, 0.717) is 0 Å². The van der Waals surface area contributed by atoms with Crippen LogP contribution in [0.2, 0.25) is 0 Å². The van der Waals surface area contributed by atoms with Gasteiger partial charge in [-0.15, -0.1) is 23.1 Å². The summed E-state index contributed by atoms with van der Waals surface area (Å²) in [4.78, 5) is 1.57. The normalized spacial score (nSPS) is 37.8. The third-order valence-electron chi connectivity index (χ3n) is 2.61. The smallest absolute Gasteiger partial charge is 0.0460 e. The molecule has 3 atom stereocenters. The lowest BCUT2D eigenvalue weighted by Crippen LogP contribution is -1.98. The second-order valence-corrected chi connectivity index (χ2v) is 5.76. The molecule has 2 bridgehead atoms. The van der Waals surface area contributed by atoms with Gasteiger partial charge in [-0.05, 0) is 23.8 Å². The monoisotopic (exact) mass is 194 g/mol. The number of hydrogen-bond acceptors (Lipinski definition) is 2. The van der Waals surface area contributed by atoms with Crippen molar-refractivity contribution in [1.29, 1.82) is 0 Å². The molecule has 2 aliphatic rings. The van der Waals surface area contributed by atoms with E-state index >= 15 is 0 Å². The van der Waals surface area contributed by atoms with Crippen molar-refractivity contribution in [1.82, 2.24) is 0 Å². The van der Waals surface area contributed by atoms with E-state index in [1.54, 1.807) is 4.88 Å². The van der Waals surface area contributed by atoms with Crippen molar-refractivity contribution in [2.75, 3.05) is 0 Å². The van der Waals surface area contributed by atoms with Crippen LogP contribution in [0.15, 0.2) is 29.7 Å². The zero-order chi connectivity index (χ0) is 7.97. The minimum absolute atomic E-state index is 0.778. The van der Waals surface area contributed by atoms with Crippen molar-refractivity contribution >= 4 is 23.1 Å². The Morgan fingerprint density at radius 3 is 2.92 bits per heavy atom. The molecule has 1 fully saturated rings. The van der Waals surface area contributed by atoms with Gasteiger partial charge in [-0.1, -0.05) is 18.2 Å². The maximum atomic E-state index is 2.41. The minimum atomic E-state index is 0.778. The zero-order valence-corrected chi connectivity index (χ0v) is 8.28. The first-order valence-corrected chi connectivity index (χ1v) is 6.13. The largest absolute Gasteiger partial charge is 0.148 e. The van der Waals surface area contributed by atoms with Gasteiger partial charge in [0.1, 0.15) is 0 Å². The van der Waals surface area contributed by atoms with Gasteiger partial charge in [0.05, 0.1) is 0 Å². The second-order valence-electron chi connectivity index (χ2n) is 3.40. The van der Waals surface area contributed by atoms with E-state index in [-0.39, 0.29) is 0 Å². The summed E-state index contributed by atoms with van der Waals surface area (Å²) in [5.74, 6) is 0.832. The highest BCUT2D eigenvalue weighted by molar-refractivity contribution is 8.00. The summed E-state index contributed by atoms with van der Waals surface area (Å²) < 4.78 is 0. The summed E-state index contributed by atoms with van der Waals surface area (Å²) in [5.41, 5.74) is 0. The molecular formula is C10H10S2. The van der Waals surface area contributed by atoms with Crippen LogP contribution in [-0.2, 0) is 0 Å². The fraction of sp³-hybridized carbons (Fsp3) is 0.400. The van der Waals surface area contributed by atoms with Crippen molar-refractivity contribution in [3.05, 3.63) is 34.5 Å². The number of hydrogen-bond donors (Lipinski definition) is 0. The van der Waals surface area contributed by atoms with Gasteiger partial charge in [0.25, 0.3) is 0 Å². The van der Waals surface area contributed by atoms with Crippen LogP contribution in [0, 0.1) is 5.92 Å². The number of fused-ring (bicyclic) bond motifs is 2. The van der Waals surface area contributed by atoms with Gasteiger partial charge in [0.15, 0.2) is 0 Å². The number of thiophene rings is 1. The molecule has 2 heterocycles. The third-order valence-corrected chi connectivity index (χ3v) is 5.31. The van der Waals surface area contributed by atoms with E-state index in [0.717, 1.165) is 16.4 Å². The summed E-state index contributed by atoms with van der Waals surface area (Å²) in [7, 11) is 0. The van der Waals surface area contributed by atoms with Crippen molar-refractivity contribution in [3.8, 4) is 0 Å². The van der Waals surface area contributed by atoms with Crippen LogP contribution in [0.3, 0.4) is 0 Å². The average Bonchev–Trinajstić information content (AvgIpc) is 2.81. The van der Waals surface area contributed by atoms with Gasteiger partial charge < -0.3 is 0 Å².